The Morgan fingerprint density at radius 1 is 0.328 bits per heavy atom. The highest BCUT2D eigenvalue weighted by Crippen LogP contribution is 2.57. The first kappa shape index (κ1) is 34.9. The van der Waals surface area contributed by atoms with Crippen LogP contribution in [0.4, 0.5) is 34.3 Å². The molecule has 0 aliphatic carbocycles. The first-order chi connectivity index (χ1) is 28.6. The largest absolute Gasteiger partial charge is 0.306 e. The minimum Gasteiger partial charge on any atom is -0.306 e. The molecule has 3 heterocycles. The molecule has 1 aliphatic rings. The molecule has 10 rings (SSSR count). The molecule has 58 heavy (non-hydrogen) atoms. The summed E-state index contributed by atoms with van der Waals surface area (Å²) in [5.41, 5.74) is 18.2. The van der Waals surface area contributed by atoms with Crippen molar-refractivity contribution in [2.24, 2.45) is 0 Å². The van der Waals surface area contributed by atoms with Crippen LogP contribution in [-0.4, -0.2) is 9.97 Å². The van der Waals surface area contributed by atoms with Crippen LogP contribution in [0.15, 0.2) is 206 Å². The number of anilines is 6. The molecule has 0 fully saturated rings. The third kappa shape index (κ3) is 6.12. The van der Waals surface area contributed by atoms with E-state index in [1.165, 1.54) is 0 Å². The SMILES string of the molecule is Cc1ccc(-c2ccc(-c3c(-c4ccccc4)c(-c4ccccc4)nc(N4c5ccccc5N(c5ccccc5)c5ccccc54)c3-c3ccccc3)cc2)c(C)n1. The van der Waals surface area contributed by atoms with E-state index in [0.29, 0.717) is 0 Å². The maximum Gasteiger partial charge on any atom is 0.147 e. The molecule has 2 aromatic heterocycles. The Labute approximate surface area is 340 Å². The Bertz CT molecular complexity index is 2840. The fourth-order valence-corrected chi connectivity index (χ4v) is 8.43. The fourth-order valence-electron chi connectivity index (χ4n) is 8.43. The van der Waals surface area contributed by atoms with Gasteiger partial charge in [-0.3, -0.25) is 9.88 Å². The summed E-state index contributed by atoms with van der Waals surface area (Å²) in [5.74, 6) is 0.856. The smallest absolute Gasteiger partial charge is 0.147 e. The average Bonchev–Trinajstić information content (AvgIpc) is 3.29. The number of fused-ring (bicyclic) bond motifs is 2. The van der Waals surface area contributed by atoms with Crippen LogP contribution < -0.4 is 9.80 Å². The van der Waals surface area contributed by atoms with Crippen molar-refractivity contribution < 1.29 is 0 Å². The number of benzene rings is 7. The summed E-state index contributed by atoms with van der Waals surface area (Å²) in [6.45, 7) is 4.13. The summed E-state index contributed by atoms with van der Waals surface area (Å²) in [4.78, 5) is 15.4. The number of para-hydroxylation sites is 5. The van der Waals surface area contributed by atoms with Crippen molar-refractivity contribution in [3.8, 4) is 55.8 Å². The van der Waals surface area contributed by atoms with Crippen molar-refractivity contribution >= 4 is 34.3 Å². The maximum absolute atomic E-state index is 5.89. The standard InChI is InChI=1S/C54H40N4/c1-37-31-36-45(38(2)55-37)39-32-34-42(35-33-39)50-51(40-19-7-3-8-20-40)53(43-23-11-5-12-24-43)56-54(52(50)41-21-9-4-10-22-41)58-48-29-17-15-27-46(48)57(44-25-13-6-14-26-44)47-28-16-18-30-49(47)58/h3-36H,1-2H3. The topological polar surface area (TPSA) is 32.3 Å². The van der Waals surface area contributed by atoms with Gasteiger partial charge in [-0.25, -0.2) is 4.98 Å². The number of aryl methyl sites for hydroxylation is 2. The highest BCUT2D eigenvalue weighted by Gasteiger charge is 2.35. The zero-order chi connectivity index (χ0) is 39.0. The molecule has 276 valence electrons. The van der Waals surface area contributed by atoms with Crippen molar-refractivity contribution in [3.05, 3.63) is 218 Å². The second kappa shape index (κ2) is 14.8. The van der Waals surface area contributed by atoms with Gasteiger partial charge in [0.1, 0.15) is 5.82 Å². The number of rotatable bonds is 7. The lowest BCUT2D eigenvalue weighted by Gasteiger charge is -2.41. The molecule has 0 atom stereocenters. The van der Waals surface area contributed by atoms with Crippen molar-refractivity contribution in [2.75, 3.05) is 9.80 Å². The van der Waals surface area contributed by atoms with Gasteiger partial charge in [-0.2, -0.15) is 0 Å². The molecule has 0 saturated carbocycles. The second-order valence-electron chi connectivity index (χ2n) is 14.7. The third-order valence-electron chi connectivity index (χ3n) is 11.0. The molecule has 0 bridgehead atoms. The monoisotopic (exact) mass is 744 g/mol. The highest BCUT2D eigenvalue weighted by atomic mass is 15.3. The molecular weight excluding hydrogens is 705 g/mol. The summed E-state index contributed by atoms with van der Waals surface area (Å²) in [7, 11) is 0. The molecule has 0 amide bonds. The van der Waals surface area contributed by atoms with E-state index in [0.717, 1.165) is 101 Å². The van der Waals surface area contributed by atoms with Crippen LogP contribution in [0.25, 0.3) is 55.8 Å². The van der Waals surface area contributed by atoms with E-state index in [1.54, 1.807) is 0 Å². The van der Waals surface area contributed by atoms with Gasteiger partial charge in [0.2, 0.25) is 0 Å². The Hall–Kier alpha value is -7.56. The molecule has 0 unspecified atom stereocenters. The van der Waals surface area contributed by atoms with Crippen molar-refractivity contribution in [1.82, 2.24) is 9.97 Å². The van der Waals surface area contributed by atoms with E-state index in [2.05, 4.69) is 223 Å². The predicted molar refractivity (Wildman–Crippen MR) is 242 cm³/mol. The molecule has 4 nitrogen and oxygen atoms in total. The second-order valence-corrected chi connectivity index (χ2v) is 14.7. The van der Waals surface area contributed by atoms with Crippen molar-refractivity contribution in [1.29, 1.82) is 0 Å². The minimum atomic E-state index is 0.856. The van der Waals surface area contributed by atoms with Gasteiger partial charge in [0, 0.05) is 44.9 Å². The molecule has 1 aliphatic heterocycles. The molecule has 0 spiro atoms. The van der Waals surface area contributed by atoms with Gasteiger partial charge in [-0.15, -0.1) is 0 Å². The van der Waals surface area contributed by atoms with E-state index in [1.807, 2.05) is 6.92 Å². The van der Waals surface area contributed by atoms with Crippen LogP contribution in [0, 0.1) is 13.8 Å². The highest BCUT2D eigenvalue weighted by molar-refractivity contribution is 6.09. The van der Waals surface area contributed by atoms with Crippen molar-refractivity contribution in [3.63, 3.8) is 0 Å². The Kier molecular flexibility index (Phi) is 8.92. The van der Waals surface area contributed by atoms with Gasteiger partial charge in [-0.05, 0) is 78.6 Å². The first-order valence-corrected chi connectivity index (χ1v) is 19.8. The van der Waals surface area contributed by atoms with E-state index < -0.39 is 0 Å². The molecule has 0 N–H and O–H groups in total. The van der Waals surface area contributed by atoms with Gasteiger partial charge in [-0.1, -0.05) is 164 Å². The van der Waals surface area contributed by atoms with Gasteiger partial charge >= 0.3 is 0 Å². The van der Waals surface area contributed by atoms with Crippen LogP contribution in [0.5, 0.6) is 0 Å². The molecule has 0 radical (unpaired) electrons. The summed E-state index contributed by atoms with van der Waals surface area (Å²) in [6.07, 6.45) is 0. The summed E-state index contributed by atoms with van der Waals surface area (Å²) < 4.78 is 0. The van der Waals surface area contributed by atoms with Gasteiger partial charge < -0.3 is 4.90 Å². The Morgan fingerprint density at radius 2 is 0.759 bits per heavy atom. The Morgan fingerprint density at radius 3 is 1.29 bits per heavy atom. The quantitative estimate of drug-likeness (QED) is 0.163. The normalized spacial score (nSPS) is 11.9. The van der Waals surface area contributed by atoms with E-state index in [-0.39, 0.29) is 0 Å². The maximum atomic E-state index is 5.89. The zero-order valence-corrected chi connectivity index (χ0v) is 32.4. The van der Waals surface area contributed by atoms with Gasteiger partial charge in [0.05, 0.1) is 28.4 Å². The van der Waals surface area contributed by atoms with Crippen molar-refractivity contribution in [2.45, 2.75) is 13.8 Å². The first-order valence-electron chi connectivity index (χ1n) is 19.8. The van der Waals surface area contributed by atoms with Crippen LogP contribution >= 0.6 is 0 Å². The summed E-state index contributed by atoms with van der Waals surface area (Å²) >= 11 is 0. The average molecular weight is 745 g/mol. The van der Waals surface area contributed by atoms with Crippen LogP contribution in [0.3, 0.4) is 0 Å². The van der Waals surface area contributed by atoms with E-state index in [9.17, 15) is 0 Å². The summed E-state index contributed by atoms with van der Waals surface area (Å²) in [6, 6.07) is 73.4. The minimum absolute atomic E-state index is 0.856. The number of hydrogen-bond acceptors (Lipinski definition) is 4. The van der Waals surface area contributed by atoms with E-state index in [4.69, 9.17) is 9.97 Å². The lowest BCUT2D eigenvalue weighted by atomic mass is 9.84. The molecule has 0 saturated heterocycles. The number of hydrogen-bond donors (Lipinski definition) is 0. The third-order valence-corrected chi connectivity index (χ3v) is 11.0. The molecular formula is C54H40N4. The van der Waals surface area contributed by atoms with Gasteiger partial charge in [0.25, 0.3) is 0 Å². The lowest BCUT2D eigenvalue weighted by Crippen LogP contribution is -2.25. The molecule has 9 aromatic rings. The fraction of sp³-hybridized carbons (Fsp3) is 0.0370. The van der Waals surface area contributed by atoms with Crippen LogP contribution in [0.1, 0.15) is 11.4 Å². The molecule has 4 heteroatoms. The number of pyridine rings is 2. The molecule has 7 aromatic carbocycles. The number of nitrogens with zero attached hydrogens (tertiary/aromatic N) is 4. The zero-order valence-electron chi connectivity index (χ0n) is 32.4. The van der Waals surface area contributed by atoms with Crippen LogP contribution in [-0.2, 0) is 0 Å². The Balaban J connectivity index is 1.33. The lowest BCUT2D eigenvalue weighted by molar-refractivity contribution is 1.13. The van der Waals surface area contributed by atoms with Gasteiger partial charge in [0.15, 0.2) is 0 Å². The van der Waals surface area contributed by atoms with E-state index >= 15 is 0 Å². The van der Waals surface area contributed by atoms with Crippen LogP contribution in [0.2, 0.25) is 0 Å². The summed E-state index contributed by atoms with van der Waals surface area (Å²) in [5, 5.41) is 0. The predicted octanol–water partition coefficient (Wildman–Crippen LogP) is 14.7. The number of aromatic nitrogens is 2.